The molecule has 84 valence electrons. The second-order valence-electron chi connectivity index (χ2n) is 4.28. The highest BCUT2D eigenvalue weighted by Gasteiger charge is 2.68. The molecule has 1 saturated carbocycles. The first-order chi connectivity index (χ1) is 6.85. The number of aliphatic carboxylic acids is 1. The van der Waals surface area contributed by atoms with Gasteiger partial charge in [-0.05, 0) is 6.42 Å². The van der Waals surface area contributed by atoms with Gasteiger partial charge in [-0.2, -0.15) is 0 Å². The minimum absolute atomic E-state index is 0.0714. The van der Waals surface area contributed by atoms with E-state index in [-0.39, 0.29) is 6.61 Å². The maximum atomic E-state index is 11.2. The van der Waals surface area contributed by atoms with Crippen molar-refractivity contribution in [2.45, 2.75) is 25.8 Å². The first-order valence-electron chi connectivity index (χ1n) is 4.65. The summed E-state index contributed by atoms with van der Waals surface area (Å²) in [5.74, 6) is -1.02. The van der Waals surface area contributed by atoms with Crippen LogP contribution in [-0.4, -0.2) is 29.3 Å². The van der Waals surface area contributed by atoms with Crippen LogP contribution in [0.1, 0.15) is 20.3 Å². The summed E-state index contributed by atoms with van der Waals surface area (Å²) in [5.41, 5.74) is -1.60. The van der Waals surface area contributed by atoms with Gasteiger partial charge in [-0.25, -0.2) is 9.59 Å². The summed E-state index contributed by atoms with van der Waals surface area (Å²) in [7, 11) is 0. The third-order valence-corrected chi connectivity index (χ3v) is 2.75. The fraction of sp³-hybridized carbons (Fsp3) is 0.600. The van der Waals surface area contributed by atoms with Crippen LogP contribution in [0.4, 0.5) is 4.79 Å². The molecular weight excluding hydrogens is 198 g/mol. The summed E-state index contributed by atoms with van der Waals surface area (Å²) in [5, 5.41) is 11.4. The molecule has 0 aromatic rings. The van der Waals surface area contributed by atoms with E-state index in [1.165, 1.54) is 6.08 Å². The molecule has 1 atom stereocenters. The number of hydrogen-bond acceptors (Lipinski definition) is 3. The van der Waals surface area contributed by atoms with Gasteiger partial charge in [0.2, 0.25) is 0 Å². The summed E-state index contributed by atoms with van der Waals surface area (Å²) in [6, 6.07) is 0. The number of carboxylic acid groups (broad SMARTS) is 1. The molecule has 1 unspecified atom stereocenters. The molecular formula is C10H15NO4. The molecule has 1 aliphatic carbocycles. The molecule has 5 heteroatoms. The van der Waals surface area contributed by atoms with E-state index in [0.717, 1.165) is 0 Å². The predicted molar refractivity (Wildman–Crippen MR) is 53.4 cm³/mol. The number of carboxylic acids is 1. The normalized spacial score (nSPS) is 26.5. The summed E-state index contributed by atoms with van der Waals surface area (Å²) < 4.78 is 4.68. The minimum Gasteiger partial charge on any atom is -0.479 e. The lowest BCUT2D eigenvalue weighted by atomic mass is 10.1. The van der Waals surface area contributed by atoms with Crippen molar-refractivity contribution in [3.8, 4) is 0 Å². The number of carbonyl (C=O) groups excluding carboxylic acids is 1. The highest BCUT2D eigenvalue weighted by atomic mass is 16.5. The third-order valence-electron chi connectivity index (χ3n) is 2.75. The Morgan fingerprint density at radius 1 is 1.60 bits per heavy atom. The van der Waals surface area contributed by atoms with Crippen LogP contribution in [0.2, 0.25) is 0 Å². The lowest BCUT2D eigenvalue weighted by Crippen LogP contribution is -2.46. The van der Waals surface area contributed by atoms with Crippen LogP contribution < -0.4 is 5.32 Å². The number of amides is 1. The van der Waals surface area contributed by atoms with Crippen LogP contribution >= 0.6 is 0 Å². The molecule has 15 heavy (non-hydrogen) atoms. The van der Waals surface area contributed by atoms with E-state index >= 15 is 0 Å². The molecule has 5 nitrogen and oxygen atoms in total. The fourth-order valence-corrected chi connectivity index (χ4v) is 1.60. The first-order valence-corrected chi connectivity index (χ1v) is 4.65. The second kappa shape index (κ2) is 3.56. The van der Waals surface area contributed by atoms with Gasteiger partial charge in [0.25, 0.3) is 0 Å². The Balaban J connectivity index is 2.60. The smallest absolute Gasteiger partial charge is 0.408 e. The van der Waals surface area contributed by atoms with Gasteiger partial charge in [0, 0.05) is 5.41 Å². The Morgan fingerprint density at radius 3 is 2.47 bits per heavy atom. The van der Waals surface area contributed by atoms with Crippen molar-refractivity contribution in [1.82, 2.24) is 5.32 Å². The van der Waals surface area contributed by atoms with Crippen LogP contribution in [0.15, 0.2) is 12.7 Å². The Bertz CT molecular complexity index is 311. The van der Waals surface area contributed by atoms with E-state index in [1.807, 2.05) is 0 Å². The highest BCUT2D eigenvalue weighted by Crippen LogP contribution is 2.55. The molecule has 0 radical (unpaired) electrons. The van der Waals surface area contributed by atoms with Crippen LogP contribution in [0.5, 0.6) is 0 Å². The lowest BCUT2D eigenvalue weighted by Gasteiger charge is -2.16. The van der Waals surface area contributed by atoms with Crippen LogP contribution in [0.25, 0.3) is 0 Å². The van der Waals surface area contributed by atoms with E-state index in [2.05, 4.69) is 16.6 Å². The van der Waals surface area contributed by atoms with Crippen molar-refractivity contribution >= 4 is 12.1 Å². The zero-order valence-corrected chi connectivity index (χ0v) is 8.87. The molecule has 0 bridgehead atoms. The van der Waals surface area contributed by atoms with Crippen LogP contribution in [0.3, 0.4) is 0 Å². The molecule has 0 heterocycles. The second-order valence-corrected chi connectivity index (χ2v) is 4.28. The molecule has 0 spiro atoms. The van der Waals surface area contributed by atoms with Gasteiger partial charge in [-0.15, -0.1) is 0 Å². The van der Waals surface area contributed by atoms with Gasteiger partial charge >= 0.3 is 12.1 Å². The zero-order valence-electron chi connectivity index (χ0n) is 8.87. The van der Waals surface area contributed by atoms with Crippen molar-refractivity contribution < 1.29 is 19.4 Å². The van der Waals surface area contributed by atoms with Crippen LogP contribution in [0, 0.1) is 5.41 Å². The number of ether oxygens (including phenoxy) is 1. The molecule has 1 amide bonds. The van der Waals surface area contributed by atoms with E-state index in [1.54, 1.807) is 13.8 Å². The Kier molecular flexibility index (Phi) is 2.75. The predicted octanol–water partition coefficient (Wildman–Crippen LogP) is 1.15. The quantitative estimate of drug-likeness (QED) is 0.687. The van der Waals surface area contributed by atoms with Gasteiger partial charge in [0.1, 0.15) is 12.1 Å². The van der Waals surface area contributed by atoms with Crippen molar-refractivity contribution in [2.75, 3.05) is 6.61 Å². The van der Waals surface area contributed by atoms with E-state index in [9.17, 15) is 9.59 Å². The van der Waals surface area contributed by atoms with Crippen LogP contribution in [-0.2, 0) is 9.53 Å². The number of hydrogen-bond donors (Lipinski definition) is 2. The summed E-state index contributed by atoms with van der Waals surface area (Å²) in [6.07, 6.45) is 1.12. The summed E-state index contributed by atoms with van der Waals surface area (Å²) >= 11 is 0. The van der Waals surface area contributed by atoms with Crippen molar-refractivity contribution in [1.29, 1.82) is 0 Å². The van der Waals surface area contributed by atoms with Gasteiger partial charge in [-0.3, -0.25) is 0 Å². The van der Waals surface area contributed by atoms with Gasteiger partial charge < -0.3 is 15.2 Å². The van der Waals surface area contributed by atoms with Crippen molar-refractivity contribution in [3.63, 3.8) is 0 Å². The summed E-state index contributed by atoms with van der Waals surface area (Å²) in [6.45, 7) is 7.03. The molecule has 1 aliphatic rings. The topological polar surface area (TPSA) is 75.6 Å². The minimum atomic E-state index is -1.18. The first kappa shape index (κ1) is 11.6. The monoisotopic (exact) mass is 213 g/mol. The molecule has 1 rings (SSSR count). The number of rotatable bonds is 4. The Morgan fingerprint density at radius 2 is 2.13 bits per heavy atom. The van der Waals surface area contributed by atoms with Gasteiger partial charge in [0.15, 0.2) is 0 Å². The van der Waals surface area contributed by atoms with E-state index in [0.29, 0.717) is 6.42 Å². The SMILES string of the molecule is C=CCOC(=O)NC1(C(=O)O)CC1(C)C. The van der Waals surface area contributed by atoms with E-state index in [4.69, 9.17) is 5.11 Å². The van der Waals surface area contributed by atoms with Gasteiger partial charge in [0.05, 0.1) is 0 Å². The van der Waals surface area contributed by atoms with Crippen molar-refractivity contribution in [3.05, 3.63) is 12.7 Å². The Labute approximate surface area is 88.1 Å². The largest absolute Gasteiger partial charge is 0.479 e. The fourth-order valence-electron chi connectivity index (χ4n) is 1.60. The highest BCUT2D eigenvalue weighted by molar-refractivity contribution is 5.89. The molecule has 0 aromatic heterocycles. The number of nitrogens with one attached hydrogen (secondary N) is 1. The van der Waals surface area contributed by atoms with E-state index < -0.39 is 23.0 Å². The third kappa shape index (κ3) is 1.95. The number of carbonyl (C=O) groups is 2. The summed E-state index contributed by atoms with van der Waals surface area (Å²) in [4.78, 5) is 22.2. The maximum absolute atomic E-state index is 11.2. The maximum Gasteiger partial charge on any atom is 0.408 e. The average Bonchev–Trinajstić information content (AvgIpc) is 2.66. The standard InChI is InChI=1S/C10H15NO4/c1-4-5-15-8(14)11-10(7(12)13)6-9(10,2)3/h4H,1,5-6H2,2-3H3,(H,11,14)(H,12,13). The average molecular weight is 213 g/mol. The Hall–Kier alpha value is -1.52. The lowest BCUT2D eigenvalue weighted by molar-refractivity contribution is -0.141. The molecule has 1 fully saturated rings. The zero-order chi connectivity index (χ0) is 11.7. The van der Waals surface area contributed by atoms with Crippen molar-refractivity contribution in [2.24, 2.45) is 5.41 Å². The molecule has 0 saturated heterocycles. The number of alkyl carbamates (subject to hydrolysis) is 1. The molecule has 0 aliphatic heterocycles. The molecule has 2 N–H and O–H groups in total. The molecule has 0 aromatic carbocycles. The van der Waals surface area contributed by atoms with Gasteiger partial charge in [-0.1, -0.05) is 26.5 Å².